The van der Waals surface area contributed by atoms with Gasteiger partial charge >= 0.3 is 0 Å². The van der Waals surface area contributed by atoms with E-state index in [4.69, 9.17) is 0 Å². The van der Waals surface area contributed by atoms with Crippen LogP contribution in [0.25, 0.3) is 98.7 Å². The standard InChI is InChI=1S/C64H60/c1-61(2,3)41-26-39(27-42(31-41)62(4,5)6)55-50-33-48-45-20-14-17-35-18-15-21-46(54(35)45)49(48)34-51(50)56(40-28-43(63(7,8)9)32-44(29-40)64(10,11)12)60-52-30-38-19-13-16-36-22-23-37-24-25-47(59(55)60)58(52)57(37)53(36)38/h13-35,54H,1-12H3. The van der Waals surface area contributed by atoms with Gasteiger partial charge in [-0.1, -0.05) is 198 Å². The van der Waals surface area contributed by atoms with E-state index in [1.165, 1.54) is 132 Å². The van der Waals surface area contributed by atoms with Crippen molar-refractivity contribution >= 4 is 54.2 Å². The van der Waals surface area contributed by atoms with Crippen molar-refractivity contribution in [3.05, 3.63) is 167 Å². The van der Waals surface area contributed by atoms with Gasteiger partial charge in [-0.3, -0.25) is 0 Å². The van der Waals surface area contributed by atoms with Crippen LogP contribution in [0.2, 0.25) is 0 Å². The predicted molar refractivity (Wildman–Crippen MR) is 279 cm³/mol. The minimum atomic E-state index is -0.0375. The maximum atomic E-state index is 2.64. The Bertz CT molecular complexity index is 3440. The van der Waals surface area contributed by atoms with Crippen LogP contribution in [0.15, 0.2) is 134 Å². The average molecular weight is 829 g/mol. The van der Waals surface area contributed by atoms with Gasteiger partial charge in [0.2, 0.25) is 0 Å². The molecule has 12 rings (SSSR count). The molecule has 0 heteroatoms. The molecule has 0 spiro atoms. The van der Waals surface area contributed by atoms with Gasteiger partial charge in [0.25, 0.3) is 0 Å². The average Bonchev–Trinajstić information content (AvgIpc) is 3.73. The van der Waals surface area contributed by atoms with Gasteiger partial charge < -0.3 is 0 Å². The van der Waals surface area contributed by atoms with E-state index in [2.05, 4.69) is 217 Å². The molecule has 0 radical (unpaired) electrons. The smallest absolute Gasteiger partial charge is 0.0199 e. The summed E-state index contributed by atoms with van der Waals surface area (Å²) in [5, 5.41) is 10.8. The Morgan fingerprint density at radius 2 is 0.797 bits per heavy atom. The second-order valence-electron chi connectivity index (χ2n) is 23.8. The fourth-order valence-electron chi connectivity index (χ4n) is 11.8. The summed E-state index contributed by atoms with van der Waals surface area (Å²) in [4.78, 5) is 0. The Labute approximate surface area is 380 Å². The second-order valence-corrected chi connectivity index (χ2v) is 23.8. The van der Waals surface area contributed by atoms with E-state index < -0.39 is 0 Å². The summed E-state index contributed by atoms with van der Waals surface area (Å²) in [6.45, 7) is 28.5. The summed E-state index contributed by atoms with van der Waals surface area (Å²) >= 11 is 0. The first-order chi connectivity index (χ1) is 30.3. The summed E-state index contributed by atoms with van der Waals surface area (Å²) in [6, 6.07) is 39.5. The summed E-state index contributed by atoms with van der Waals surface area (Å²) in [6.07, 6.45) is 14.2. The summed E-state index contributed by atoms with van der Waals surface area (Å²) in [5.41, 5.74) is 21.9. The van der Waals surface area contributed by atoms with Crippen LogP contribution < -0.4 is 0 Å². The van der Waals surface area contributed by atoms with Gasteiger partial charge in [-0.25, -0.2) is 0 Å². The van der Waals surface area contributed by atoms with Gasteiger partial charge in [0, 0.05) is 11.8 Å². The van der Waals surface area contributed by atoms with Crippen LogP contribution in [-0.4, -0.2) is 0 Å². The van der Waals surface area contributed by atoms with E-state index in [9.17, 15) is 0 Å². The van der Waals surface area contributed by atoms with Gasteiger partial charge in [-0.15, -0.1) is 0 Å². The normalized spacial score (nSPS) is 17.8. The first-order valence-electron chi connectivity index (χ1n) is 23.7. The Kier molecular flexibility index (Phi) is 7.95. The molecular formula is C64H60. The minimum Gasteiger partial charge on any atom is -0.0767 e. The van der Waals surface area contributed by atoms with Gasteiger partial charge in [0.05, 0.1) is 0 Å². The lowest BCUT2D eigenvalue weighted by molar-refractivity contribution is 0.568. The van der Waals surface area contributed by atoms with Crippen molar-refractivity contribution in [2.45, 2.75) is 105 Å². The summed E-state index contributed by atoms with van der Waals surface area (Å²) in [5.74, 6) is 0.723. The van der Waals surface area contributed by atoms with E-state index in [-0.39, 0.29) is 21.7 Å². The van der Waals surface area contributed by atoms with E-state index in [0.717, 1.165) is 0 Å². The van der Waals surface area contributed by atoms with Crippen molar-refractivity contribution in [2.75, 3.05) is 0 Å². The minimum absolute atomic E-state index is 0.0360. The molecule has 4 aliphatic rings. The van der Waals surface area contributed by atoms with E-state index >= 15 is 0 Å². The van der Waals surface area contributed by atoms with Crippen LogP contribution in [0.1, 0.15) is 116 Å². The first-order valence-corrected chi connectivity index (χ1v) is 23.7. The molecule has 2 atom stereocenters. The summed E-state index contributed by atoms with van der Waals surface area (Å²) < 4.78 is 0. The fourth-order valence-corrected chi connectivity index (χ4v) is 11.8. The van der Waals surface area contributed by atoms with Crippen LogP contribution >= 0.6 is 0 Å². The number of hydrogen-bond acceptors (Lipinski definition) is 0. The molecule has 0 aromatic heterocycles. The number of fused-ring (bicyclic) bond motifs is 7. The van der Waals surface area contributed by atoms with E-state index in [1.54, 1.807) is 0 Å². The molecule has 0 aliphatic heterocycles. The molecule has 8 aromatic carbocycles. The maximum Gasteiger partial charge on any atom is 0.0199 e. The van der Waals surface area contributed by atoms with E-state index in [1.807, 2.05) is 0 Å². The van der Waals surface area contributed by atoms with Crippen LogP contribution in [0.5, 0.6) is 0 Å². The number of hydrogen-bond donors (Lipinski definition) is 0. The van der Waals surface area contributed by atoms with E-state index in [0.29, 0.717) is 11.8 Å². The molecule has 0 nitrogen and oxygen atoms in total. The van der Waals surface area contributed by atoms with Gasteiger partial charge in [0.15, 0.2) is 0 Å². The van der Waals surface area contributed by atoms with Crippen LogP contribution in [-0.2, 0) is 21.7 Å². The molecule has 4 aliphatic carbocycles. The predicted octanol–water partition coefficient (Wildman–Crippen LogP) is 18.1. The third kappa shape index (κ3) is 5.60. The molecule has 0 fully saturated rings. The SMILES string of the molecule is CC(C)(C)c1cc(-c2c3c(c(-c4cc(C(C)(C)C)cc(C(C)(C)C)c4)c4cc5c(cc24)C2=CC=CC4C=CC=C5C24)-c2cc4cccc5ccc6ccc-3c2c6c54)cc(C(C)(C)C)c1. The van der Waals surface area contributed by atoms with Crippen molar-refractivity contribution in [3.63, 3.8) is 0 Å². The molecule has 0 N–H and O–H groups in total. The quantitative estimate of drug-likeness (QED) is 0.152. The van der Waals surface area contributed by atoms with Crippen molar-refractivity contribution in [2.24, 2.45) is 11.8 Å². The number of benzene rings is 8. The van der Waals surface area contributed by atoms with Gasteiger partial charge in [-0.05, 0) is 172 Å². The number of rotatable bonds is 2. The van der Waals surface area contributed by atoms with Crippen molar-refractivity contribution < 1.29 is 0 Å². The molecule has 0 saturated carbocycles. The molecule has 64 heavy (non-hydrogen) atoms. The molecular weight excluding hydrogens is 769 g/mol. The van der Waals surface area contributed by atoms with Crippen molar-refractivity contribution in [1.29, 1.82) is 0 Å². The highest BCUT2D eigenvalue weighted by molar-refractivity contribution is 6.36. The highest BCUT2D eigenvalue weighted by atomic mass is 14.4. The molecule has 0 amide bonds. The van der Waals surface area contributed by atoms with Crippen molar-refractivity contribution in [1.82, 2.24) is 0 Å². The molecule has 0 heterocycles. The number of allylic oxidation sites excluding steroid dienone is 8. The maximum absolute atomic E-state index is 2.64. The molecule has 2 unspecified atom stereocenters. The lowest BCUT2D eigenvalue weighted by Crippen LogP contribution is -2.17. The zero-order valence-electron chi connectivity index (χ0n) is 39.9. The lowest BCUT2D eigenvalue weighted by atomic mass is 9.75. The highest BCUT2D eigenvalue weighted by Gasteiger charge is 2.40. The monoisotopic (exact) mass is 828 g/mol. The first kappa shape index (κ1) is 39.6. The van der Waals surface area contributed by atoms with Crippen LogP contribution in [0.3, 0.4) is 0 Å². The Morgan fingerprint density at radius 3 is 1.28 bits per heavy atom. The zero-order chi connectivity index (χ0) is 44.6. The Balaban J connectivity index is 1.34. The molecule has 0 saturated heterocycles. The van der Waals surface area contributed by atoms with Crippen LogP contribution in [0, 0.1) is 11.8 Å². The summed E-state index contributed by atoms with van der Waals surface area (Å²) in [7, 11) is 0. The van der Waals surface area contributed by atoms with Gasteiger partial charge in [0.1, 0.15) is 0 Å². The molecule has 8 aromatic rings. The lowest BCUT2D eigenvalue weighted by Gasteiger charge is -2.29. The van der Waals surface area contributed by atoms with Crippen LogP contribution in [0.4, 0.5) is 0 Å². The zero-order valence-corrected chi connectivity index (χ0v) is 39.9. The van der Waals surface area contributed by atoms with Crippen molar-refractivity contribution in [3.8, 4) is 44.5 Å². The Morgan fingerprint density at radius 1 is 0.359 bits per heavy atom. The Hall–Kier alpha value is -5.98. The van der Waals surface area contributed by atoms with Gasteiger partial charge in [-0.2, -0.15) is 0 Å². The third-order valence-corrected chi connectivity index (χ3v) is 15.4. The highest BCUT2D eigenvalue weighted by Crippen LogP contribution is 2.62. The molecule has 0 bridgehead atoms. The second kappa shape index (κ2) is 12.8. The largest absolute Gasteiger partial charge is 0.0767 e. The fraction of sp³-hybridized carbons (Fsp3) is 0.281. The third-order valence-electron chi connectivity index (χ3n) is 15.4. The molecule has 316 valence electrons. The topological polar surface area (TPSA) is 0 Å².